The molecule has 14 heavy (non-hydrogen) atoms. The fourth-order valence-corrected chi connectivity index (χ4v) is 1.77. The molecule has 1 heterocycles. The van der Waals surface area contributed by atoms with Gasteiger partial charge < -0.3 is 15.4 Å². The molecule has 0 saturated carbocycles. The van der Waals surface area contributed by atoms with Crippen LogP contribution in [-0.4, -0.2) is 30.4 Å². The fourth-order valence-electron chi connectivity index (χ4n) is 1.52. The van der Waals surface area contributed by atoms with Crippen molar-refractivity contribution < 1.29 is 4.74 Å². The Morgan fingerprint density at radius 2 is 2.36 bits per heavy atom. The maximum atomic E-state index is 5.44. The van der Waals surface area contributed by atoms with Gasteiger partial charge >= 0.3 is 0 Å². The van der Waals surface area contributed by atoms with Gasteiger partial charge in [-0.1, -0.05) is 13.3 Å². The van der Waals surface area contributed by atoms with Crippen molar-refractivity contribution in [3.63, 3.8) is 0 Å². The summed E-state index contributed by atoms with van der Waals surface area (Å²) in [7, 11) is 0. The Kier molecular flexibility index (Phi) is 5.19. The molecule has 0 spiro atoms. The Labute approximate surface area is 91.6 Å². The first-order chi connectivity index (χ1) is 6.74. The third kappa shape index (κ3) is 3.80. The summed E-state index contributed by atoms with van der Waals surface area (Å²) >= 11 is 5.18. The van der Waals surface area contributed by atoms with E-state index in [1.807, 2.05) is 0 Å². The third-order valence-electron chi connectivity index (χ3n) is 2.51. The van der Waals surface area contributed by atoms with Crippen LogP contribution in [0.5, 0.6) is 0 Å². The molecule has 4 heteroatoms. The number of hydrogen-bond donors (Lipinski definition) is 2. The van der Waals surface area contributed by atoms with Crippen molar-refractivity contribution in [3.8, 4) is 0 Å². The first kappa shape index (κ1) is 11.7. The summed E-state index contributed by atoms with van der Waals surface area (Å²) < 4.78 is 5.44. The van der Waals surface area contributed by atoms with Gasteiger partial charge in [0.1, 0.15) is 0 Å². The molecule has 1 aliphatic heterocycles. The molecule has 0 aliphatic carbocycles. The van der Waals surface area contributed by atoms with Gasteiger partial charge in [0.25, 0.3) is 0 Å². The average Bonchev–Trinajstić information content (AvgIpc) is 2.52. The standard InChI is InChI=1S/C10H20N2OS/c1-3-4-6-11-10(14)12-9-5-7-13-8(9)2/h8-9H,3-7H2,1-2H3,(H2,11,12,14). The molecule has 0 amide bonds. The number of hydrogen-bond acceptors (Lipinski definition) is 2. The lowest BCUT2D eigenvalue weighted by Crippen LogP contribution is -2.44. The Hall–Kier alpha value is -0.350. The lowest BCUT2D eigenvalue weighted by atomic mass is 10.2. The van der Waals surface area contributed by atoms with Crippen LogP contribution in [0.1, 0.15) is 33.1 Å². The molecule has 1 rings (SSSR count). The van der Waals surface area contributed by atoms with Crippen LogP contribution in [-0.2, 0) is 4.74 Å². The number of ether oxygens (including phenoxy) is 1. The van der Waals surface area contributed by atoms with Gasteiger partial charge in [0.05, 0.1) is 12.1 Å². The number of thiocarbonyl (C=S) groups is 1. The predicted molar refractivity (Wildman–Crippen MR) is 62.5 cm³/mol. The molecule has 82 valence electrons. The second-order valence-corrected chi connectivity index (χ2v) is 4.13. The molecule has 0 aromatic carbocycles. The highest BCUT2D eigenvalue weighted by molar-refractivity contribution is 7.80. The molecular formula is C10H20N2OS. The van der Waals surface area contributed by atoms with E-state index in [2.05, 4.69) is 24.5 Å². The van der Waals surface area contributed by atoms with Gasteiger partial charge in [-0.05, 0) is 32.0 Å². The van der Waals surface area contributed by atoms with Crippen LogP contribution < -0.4 is 10.6 Å². The molecule has 0 aromatic heterocycles. The molecule has 2 unspecified atom stereocenters. The maximum absolute atomic E-state index is 5.44. The van der Waals surface area contributed by atoms with E-state index in [0.29, 0.717) is 6.04 Å². The Morgan fingerprint density at radius 1 is 1.57 bits per heavy atom. The molecule has 1 saturated heterocycles. The number of rotatable bonds is 4. The van der Waals surface area contributed by atoms with Crippen LogP contribution in [0.15, 0.2) is 0 Å². The van der Waals surface area contributed by atoms with Crippen molar-refractivity contribution in [2.45, 2.75) is 45.3 Å². The minimum Gasteiger partial charge on any atom is -0.376 e. The summed E-state index contributed by atoms with van der Waals surface area (Å²) in [5, 5.41) is 7.24. The second kappa shape index (κ2) is 6.19. The van der Waals surface area contributed by atoms with Gasteiger partial charge in [0.2, 0.25) is 0 Å². The summed E-state index contributed by atoms with van der Waals surface area (Å²) in [6.07, 6.45) is 3.69. The summed E-state index contributed by atoms with van der Waals surface area (Å²) in [4.78, 5) is 0. The van der Waals surface area contributed by atoms with Gasteiger partial charge in [-0.3, -0.25) is 0 Å². The van der Waals surface area contributed by atoms with Crippen molar-refractivity contribution in [1.29, 1.82) is 0 Å². The van der Waals surface area contributed by atoms with Crippen LogP contribution in [0.25, 0.3) is 0 Å². The van der Waals surface area contributed by atoms with E-state index in [1.165, 1.54) is 12.8 Å². The molecule has 2 atom stereocenters. The van der Waals surface area contributed by atoms with E-state index in [9.17, 15) is 0 Å². The highest BCUT2D eigenvalue weighted by Gasteiger charge is 2.24. The van der Waals surface area contributed by atoms with Crippen molar-refractivity contribution in [2.75, 3.05) is 13.2 Å². The molecule has 0 aromatic rings. The van der Waals surface area contributed by atoms with Crippen LogP contribution in [0.2, 0.25) is 0 Å². The smallest absolute Gasteiger partial charge is 0.166 e. The van der Waals surface area contributed by atoms with E-state index in [1.54, 1.807) is 0 Å². The summed E-state index contributed by atoms with van der Waals surface area (Å²) in [6, 6.07) is 0.386. The SMILES string of the molecule is CCCCNC(=S)NC1CCOC1C. The third-order valence-corrected chi connectivity index (χ3v) is 2.77. The van der Waals surface area contributed by atoms with E-state index in [0.717, 1.165) is 24.7 Å². The first-order valence-electron chi connectivity index (χ1n) is 5.40. The summed E-state index contributed by atoms with van der Waals surface area (Å²) in [6.45, 7) is 6.06. The Morgan fingerprint density at radius 3 is 2.93 bits per heavy atom. The van der Waals surface area contributed by atoms with Crippen molar-refractivity contribution in [3.05, 3.63) is 0 Å². The minimum atomic E-state index is 0.279. The Balaban J connectivity index is 2.13. The van der Waals surface area contributed by atoms with Crippen LogP contribution in [0, 0.1) is 0 Å². The van der Waals surface area contributed by atoms with Gasteiger partial charge in [-0.15, -0.1) is 0 Å². The minimum absolute atomic E-state index is 0.279. The van der Waals surface area contributed by atoms with E-state index < -0.39 is 0 Å². The van der Waals surface area contributed by atoms with Crippen LogP contribution in [0.3, 0.4) is 0 Å². The summed E-state index contributed by atoms with van der Waals surface area (Å²) in [5.41, 5.74) is 0. The Bertz CT molecular complexity index is 187. The summed E-state index contributed by atoms with van der Waals surface area (Å²) in [5.74, 6) is 0. The molecule has 3 nitrogen and oxygen atoms in total. The predicted octanol–water partition coefficient (Wildman–Crippen LogP) is 1.43. The van der Waals surface area contributed by atoms with Gasteiger partial charge in [0.15, 0.2) is 5.11 Å². The lowest BCUT2D eigenvalue weighted by molar-refractivity contribution is 0.116. The van der Waals surface area contributed by atoms with Gasteiger partial charge in [0, 0.05) is 13.2 Å². The van der Waals surface area contributed by atoms with Gasteiger partial charge in [-0.2, -0.15) is 0 Å². The zero-order valence-electron chi connectivity index (χ0n) is 9.01. The van der Waals surface area contributed by atoms with Crippen molar-refractivity contribution >= 4 is 17.3 Å². The van der Waals surface area contributed by atoms with E-state index in [-0.39, 0.29) is 6.10 Å². The van der Waals surface area contributed by atoms with Crippen LogP contribution in [0.4, 0.5) is 0 Å². The second-order valence-electron chi connectivity index (χ2n) is 3.72. The monoisotopic (exact) mass is 216 g/mol. The largest absolute Gasteiger partial charge is 0.376 e. The maximum Gasteiger partial charge on any atom is 0.166 e. The van der Waals surface area contributed by atoms with Crippen molar-refractivity contribution in [1.82, 2.24) is 10.6 Å². The molecule has 0 bridgehead atoms. The topological polar surface area (TPSA) is 33.3 Å². The molecule has 2 N–H and O–H groups in total. The molecule has 0 radical (unpaired) electrons. The normalized spacial score (nSPS) is 26.1. The number of unbranched alkanes of at least 4 members (excludes halogenated alkanes) is 1. The van der Waals surface area contributed by atoms with E-state index >= 15 is 0 Å². The molecule has 1 fully saturated rings. The zero-order valence-corrected chi connectivity index (χ0v) is 9.82. The average molecular weight is 216 g/mol. The zero-order chi connectivity index (χ0) is 10.4. The van der Waals surface area contributed by atoms with E-state index in [4.69, 9.17) is 17.0 Å². The first-order valence-corrected chi connectivity index (χ1v) is 5.81. The van der Waals surface area contributed by atoms with Crippen LogP contribution >= 0.6 is 12.2 Å². The van der Waals surface area contributed by atoms with Crippen molar-refractivity contribution in [2.24, 2.45) is 0 Å². The highest BCUT2D eigenvalue weighted by Crippen LogP contribution is 2.12. The molecule has 1 aliphatic rings. The lowest BCUT2D eigenvalue weighted by Gasteiger charge is -2.18. The fraction of sp³-hybridized carbons (Fsp3) is 0.900. The number of nitrogens with one attached hydrogen (secondary N) is 2. The molecular weight excluding hydrogens is 196 g/mol. The quantitative estimate of drug-likeness (QED) is 0.550. The highest BCUT2D eigenvalue weighted by atomic mass is 32.1. The van der Waals surface area contributed by atoms with Gasteiger partial charge in [-0.25, -0.2) is 0 Å².